The Morgan fingerprint density at radius 1 is 1.36 bits per heavy atom. The van der Waals surface area contributed by atoms with Crippen molar-refractivity contribution in [1.29, 1.82) is 0 Å². The summed E-state index contributed by atoms with van der Waals surface area (Å²) in [4.78, 5) is 26.8. The molecule has 1 aliphatic rings. The zero-order valence-electron chi connectivity index (χ0n) is 13.5. The highest BCUT2D eigenvalue weighted by Crippen LogP contribution is 2.21. The van der Waals surface area contributed by atoms with Gasteiger partial charge in [-0.05, 0) is 25.7 Å². The normalized spacial score (nSPS) is 14.5. The van der Waals surface area contributed by atoms with E-state index in [1.807, 2.05) is 26.8 Å². The van der Waals surface area contributed by atoms with E-state index in [1.165, 1.54) is 5.57 Å². The highest BCUT2D eigenvalue weighted by Gasteiger charge is 2.18. The summed E-state index contributed by atoms with van der Waals surface area (Å²) in [6.07, 6.45) is 8.81. The largest absolute Gasteiger partial charge is 0.361 e. The average Bonchev–Trinajstić information content (AvgIpc) is 2.47. The van der Waals surface area contributed by atoms with Gasteiger partial charge in [-0.2, -0.15) is 0 Å². The fraction of sp³-hybridized carbons (Fsp3) is 0.529. The molecule has 0 aliphatic heterocycles. The first-order valence-electron chi connectivity index (χ1n) is 7.82. The number of aromatic nitrogens is 2. The van der Waals surface area contributed by atoms with E-state index in [-0.39, 0.29) is 18.2 Å². The van der Waals surface area contributed by atoms with Gasteiger partial charge in [0.05, 0.1) is 0 Å². The van der Waals surface area contributed by atoms with Crippen LogP contribution in [0.5, 0.6) is 0 Å². The van der Waals surface area contributed by atoms with Crippen molar-refractivity contribution in [1.82, 2.24) is 9.55 Å². The quantitative estimate of drug-likeness (QED) is 0.878. The molecule has 0 saturated carbocycles. The first-order chi connectivity index (χ1) is 10.5. The molecule has 1 aromatic rings. The van der Waals surface area contributed by atoms with Crippen LogP contribution in [0.1, 0.15) is 50.8 Å². The summed E-state index contributed by atoms with van der Waals surface area (Å²) in [5.41, 5.74) is 2.01. The van der Waals surface area contributed by atoms with Gasteiger partial charge in [0, 0.05) is 24.3 Å². The lowest BCUT2D eigenvalue weighted by Gasteiger charge is -2.19. The molecule has 22 heavy (non-hydrogen) atoms. The van der Waals surface area contributed by atoms with Crippen LogP contribution >= 0.6 is 0 Å². The first-order valence-corrected chi connectivity index (χ1v) is 7.82. The van der Waals surface area contributed by atoms with Crippen molar-refractivity contribution in [3.05, 3.63) is 55.9 Å². The van der Waals surface area contributed by atoms with Crippen LogP contribution in [0.4, 0.5) is 0 Å². The maximum atomic E-state index is 12.2. The maximum absolute atomic E-state index is 12.2. The van der Waals surface area contributed by atoms with Gasteiger partial charge in [0.1, 0.15) is 6.73 Å². The third-order valence-corrected chi connectivity index (χ3v) is 3.84. The van der Waals surface area contributed by atoms with Gasteiger partial charge in [0.25, 0.3) is 5.56 Å². The molecule has 2 rings (SSSR count). The number of hydrogen-bond acceptors (Lipinski definition) is 3. The van der Waals surface area contributed by atoms with Crippen LogP contribution in [-0.4, -0.2) is 16.2 Å². The lowest BCUT2D eigenvalue weighted by atomic mass is 9.94. The minimum atomic E-state index is -0.398. The Bertz CT molecular complexity index is 693. The van der Waals surface area contributed by atoms with E-state index in [0.29, 0.717) is 18.6 Å². The van der Waals surface area contributed by atoms with Crippen molar-refractivity contribution in [2.75, 3.05) is 6.61 Å². The molecule has 0 amide bonds. The Morgan fingerprint density at radius 3 is 2.73 bits per heavy atom. The number of allylic oxidation sites excluding steroid dienone is 4. The predicted octanol–water partition coefficient (Wildman–Crippen LogP) is 2.47. The molecule has 120 valence electrons. The summed E-state index contributed by atoms with van der Waals surface area (Å²) in [6.45, 7) is 6.52. The van der Waals surface area contributed by atoms with Crippen LogP contribution < -0.4 is 11.2 Å². The zero-order chi connectivity index (χ0) is 16.1. The molecular weight excluding hydrogens is 280 g/mol. The van der Waals surface area contributed by atoms with Gasteiger partial charge in [-0.25, -0.2) is 4.79 Å². The maximum Gasteiger partial charge on any atom is 0.330 e. The zero-order valence-corrected chi connectivity index (χ0v) is 13.5. The number of nitrogens with one attached hydrogen (secondary N) is 1. The van der Waals surface area contributed by atoms with Crippen molar-refractivity contribution >= 4 is 0 Å². The van der Waals surface area contributed by atoms with Crippen LogP contribution in [0.25, 0.3) is 0 Å². The summed E-state index contributed by atoms with van der Waals surface area (Å²) >= 11 is 0. The van der Waals surface area contributed by atoms with Crippen LogP contribution in [0, 0.1) is 0 Å². The van der Waals surface area contributed by atoms with Gasteiger partial charge < -0.3 is 4.74 Å². The van der Waals surface area contributed by atoms with E-state index in [9.17, 15) is 9.59 Å². The van der Waals surface area contributed by atoms with Crippen LogP contribution in [0.3, 0.4) is 0 Å². The molecule has 0 unspecified atom stereocenters. The molecule has 5 heteroatoms. The van der Waals surface area contributed by atoms with Crippen LogP contribution in [0.2, 0.25) is 0 Å². The summed E-state index contributed by atoms with van der Waals surface area (Å²) in [5.74, 6) is 0.0481. The number of aromatic amines is 1. The third kappa shape index (κ3) is 3.65. The second kappa shape index (κ2) is 7.40. The number of nitrogens with zero attached hydrogens (tertiary/aromatic N) is 1. The molecule has 1 aromatic heterocycles. The Labute approximate surface area is 130 Å². The second-order valence-corrected chi connectivity index (χ2v) is 5.79. The molecule has 0 radical (unpaired) electrons. The number of rotatable bonds is 6. The Balaban J connectivity index is 2.54. The van der Waals surface area contributed by atoms with Gasteiger partial charge in [0.15, 0.2) is 0 Å². The predicted molar refractivity (Wildman–Crippen MR) is 87.2 cm³/mol. The molecule has 0 fully saturated rings. The van der Waals surface area contributed by atoms with E-state index in [2.05, 4.69) is 17.1 Å². The molecule has 0 saturated heterocycles. The fourth-order valence-electron chi connectivity index (χ4n) is 2.75. The van der Waals surface area contributed by atoms with Gasteiger partial charge in [-0.1, -0.05) is 37.6 Å². The van der Waals surface area contributed by atoms with Gasteiger partial charge in [-0.3, -0.25) is 14.3 Å². The summed E-state index contributed by atoms with van der Waals surface area (Å²) in [7, 11) is 0. The molecule has 5 nitrogen and oxygen atoms in total. The van der Waals surface area contributed by atoms with E-state index >= 15 is 0 Å². The van der Waals surface area contributed by atoms with E-state index in [1.54, 1.807) is 4.57 Å². The van der Waals surface area contributed by atoms with Gasteiger partial charge >= 0.3 is 5.69 Å². The number of hydrogen-bond donors (Lipinski definition) is 1. The summed E-state index contributed by atoms with van der Waals surface area (Å²) < 4.78 is 6.97. The highest BCUT2D eigenvalue weighted by atomic mass is 16.5. The standard InChI is InChI=1S/C17H24N2O3/c1-4-22-11-19-14(10-13-8-6-5-7-9-13)15(12(2)3)16(20)18-17(19)21/h5-6,8,12H,4,7,9-11H2,1-3H3,(H,18,20,21). The molecule has 0 spiro atoms. The van der Waals surface area contributed by atoms with Crippen LogP contribution in [0.15, 0.2) is 33.4 Å². The van der Waals surface area contributed by atoms with E-state index < -0.39 is 5.69 Å². The lowest BCUT2D eigenvalue weighted by molar-refractivity contribution is 0.0821. The minimum absolute atomic E-state index is 0.0481. The number of H-pyrrole nitrogens is 1. The fourth-order valence-corrected chi connectivity index (χ4v) is 2.75. The molecule has 1 heterocycles. The number of ether oxygens (including phenoxy) is 1. The first kappa shape index (κ1) is 16.5. The van der Waals surface area contributed by atoms with E-state index in [4.69, 9.17) is 4.74 Å². The molecule has 1 aliphatic carbocycles. The SMILES string of the molecule is CCOCn1c(CC2=CC=CCC2)c(C(C)C)c(=O)[nH]c1=O. The van der Waals surface area contributed by atoms with E-state index in [0.717, 1.165) is 18.5 Å². The van der Waals surface area contributed by atoms with Crippen LogP contribution in [-0.2, 0) is 17.9 Å². The Kier molecular flexibility index (Phi) is 5.55. The lowest BCUT2D eigenvalue weighted by Crippen LogP contribution is -2.36. The summed E-state index contributed by atoms with van der Waals surface area (Å²) in [6, 6.07) is 0. The molecule has 0 bridgehead atoms. The molecular formula is C17H24N2O3. The molecule has 0 aromatic carbocycles. The van der Waals surface area contributed by atoms with Crippen molar-refractivity contribution in [3.8, 4) is 0 Å². The van der Waals surface area contributed by atoms with Crippen molar-refractivity contribution in [3.63, 3.8) is 0 Å². The minimum Gasteiger partial charge on any atom is -0.361 e. The smallest absolute Gasteiger partial charge is 0.330 e. The van der Waals surface area contributed by atoms with Gasteiger partial charge in [-0.15, -0.1) is 0 Å². The molecule has 1 N–H and O–H groups in total. The second-order valence-electron chi connectivity index (χ2n) is 5.79. The van der Waals surface area contributed by atoms with Crippen molar-refractivity contribution < 1.29 is 4.74 Å². The Morgan fingerprint density at radius 2 is 2.14 bits per heavy atom. The highest BCUT2D eigenvalue weighted by molar-refractivity contribution is 5.29. The Hall–Kier alpha value is -1.88. The van der Waals surface area contributed by atoms with Gasteiger partial charge in [0.2, 0.25) is 0 Å². The topological polar surface area (TPSA) is 64.1 Å². The van der Waals surface area contributed by atoms with Crippen molar-refractivity contribution in [2.24, 2.45) is 0 Å². The molecule has 0 atom stereocenters. The third-order valence-electron chi connectivity index (χ3n) is 3.84. The average molecular weight is 304 g/mol. The summed E-state index contributed by atoms with van der Waals surface area (Å²) in [5, 5.41) is 0. The van der Waals surface area contributed by atoms with Crippen molar-refractivity contribution in [2.45, 2.75) is 52.7 Å². The monoisotopic (exact) mass is 304 g/mol.